The molecule has 0 aliphatic heterocycles. The second kappa shape index (κ2) is 8.05. The van der Waals surface area contributed by atoms with Crippen LogP contribution in [-0.2, 0) is 6.42 Å². The quantitative estimate of drug-likeness (QED) is 0.686. The maximum atomic E-state index is 6.35. The summed E-state index contributed by atoms with van der Waals surface area (Å²) in [5.41, 5.74) is 2.11. The molecule has 112 valence electrons. The third kappa shape index (κ3) is 4.62. The van der Waals surface area contributed by atoms with Crippen molar-refractivity contribution in [2.24, 2.45) is 0 Å². The highest BCUT2D eigenvalue weighted by atomic mass is 35.5. The third-order valence-electron chi connectivity index (χ3n) is 3.32. The maximum absolute atomic E-state index is 6.35. The van der Waals surface area contributed by atoms with Crippen LogP contribution in [0.2, 0.25) is 15.1 Å². The highest BCUT2D eigenvalue weighted by Crippen LogP contribution is 2.32. The molecule has 21 heavy (non-hydrogen) atoms. The first-order chi connectivity index (χ1) is 10.1. The van der Waals surface area contributed by atoms with Gasteiger partial charge in [-0.15, -0.1) is 0 Å². The summed E-state index contributed by atoms with van der Waals surface area (Å²) in [4.78, 5) is 0. The smallest absolute Gasteiger partial charge is 0.0468 e. The molecule has 0 saturated carbocycles. The van der Waals surface area contributed by atoms with Gasteiger partial charge in [0.25, 0.3) is 0 Å². The van der Waals surface area contributed by atoms with E-state index in [-0.39, 0.29) is 6.04 Å². The molecule has 2 rings (SSSR count). The van der Waals surface area contributed by atoms with Crippen molar-refractivity contribution in [2.45, 2.75) is 25.8 Å². The molecule has 0 aromatic heterocycles. The molecule has 1 atom stereocenters. The van der Waals surface area contributed by atoms with Crippen LogP contribution < -0.4 is 5.32 Å². The van der Waals surface area contributed by atoms with E-state index in [4.69, 9.17) is 34.8 Å². The lowest BCUT2D eigenvalue weighted by Crippen LogP contribution is -2.24. The maximum Gasteiger partial charge on any atom is 0.0468 e. The normalized spacial score (nSPS) is 12.4. The summed E-state index contributed by atoms with van der Waals surface area (Å²) in [6.07, 6.45) is 1.85. The number of benzene rings is 2. The molecule has 1 N–H and O–H groups in total. The minimum absolute atomic E-state index is 0.0737. The molecule has 0 bridgehead atoms. The van der Waals surface area contributed by atoms with Gasteiger partial charge in [0.2, 0.25) is 0 Å². The van der Waals surface area contributed by atoms with Crippen LogP contribution in [0, 0.1) is 0 Å². The van der Waals surface area contributed by atoms with Gasteiger partial charge in [0.1, 0.15) is 0 Å². The Morgan fingerprint density at radius 2 is 1.67 bits per heavy atom. The summed E-state index contributed by atoms with van der Waals surface area (Å²) in [6, 6.07) is 13.6. The van der Waals surface area contributed by atoms with Crippen molar-refractivity contribution < 1.29 is 0 Å². The van der Waals surface area contributed by atoms with Crippen molar-refractivity contribution in [3.8, 4) is 0 Å². The van der Waals surface area contributed by atoms with Gasteiger partial charge in [0, 0.05) is 26.7 Å². The lowest BCUT2D eigenvalue weighted by Gasteiger charge is -2.21. The van der Waals surface area contributed by atoms with E-state index < -0.39 is 0 Å². The summed E-state index contributed by atoms with van der Waals surface area (Å²) < 4.78 is 0. The van der Waals surface area contributed by atoms with Crippen molar-refractivity contribution >= 4 is 34.8 Å². The van der Waals surface area contributed by atoms with Crippen LogP contribution in [0.5, 0.6) is 0 Å². The van der Waals surface area contributed by atoms with Crippen LogP contribution in [-0.4, -0.2) is 6.54 Å². The van der Waals surface area contributed by atoms with Crippen molar-refractivity contribution in [2.75, 3.05) is 6.54 Å². The predicted octanol–water partition coefficient (Wildman–Crippen LogP) is 5.93. The second-order valence-corrected chi connectivity index (χ2v) is 6.23. The first-order valence-electron chi connectivity index (χ1n) is 7.03. The van der Waals surface area contributed by atoms with E-state index in [1.165, 1.54) is 0 Å². The topological polar surface area (TPSA) is 12.0 Å². The Hall–Kier alpha value is -0.730. The zero-order chi connectivity index (χ0) is 15.2. The fourth-order valence-electron chi connectivity index (χ4n) is 2.34. The van der Waals surface area contributed by atoms with Gasteiger partial charge in [0.05, 0.1) is 0 Å². The summed E-state index contributed by atoms with van der Waals surface area (Å²) >= 11 is 18.8. The van der Waals surface area contributed by atoms with E-state index in [9.17, 15) is 0 Å². The highest BCUT2D eigenvalue weighted by Gasteiger charge is 2.18. The Morgan fingerprint density at radius 3 is 2.29 bits per heavy atom. The van der Waals surface area contributed by atoms with Crippen LogP contribution in [0.15, 0.2) is 42.5 Å². The Kier molecular flexibility index (Phi) is 6.38. The van der Waals surface area contributed by atoms with Gasteiger partial charge in [-0.3, -0.25) is 0 Å². The number of halogens is 3. The van der Waals surface area contributed by atoms with Crippen molar-refractivity contribution in [3.63, 3.8) is 0 Å². The molecule has 1 nitrogen and oxygen atoms in total. The van der Waals surface area contributed by atoms with Gasteiger partial charge in [-0.2, -0.15) is 0 Å². The van der Waals surface area contributed by atoms with Crippen LogP contribution in [0.4, 0.5) is 0 Å². The minimum atomic E-state index is 0.0737. The van der Waals surface area contributed by atoms with Gasteiger partial charge < -0.3 is 5.32 Å². The molecular weight excluding hydrogens is 325 g/mol. The van der Waals surface area contributed by atoms with E-state index in [1.54, 1.807) is 0 Å². The molecule has 0 heterocycles. The van der Waals surface area contributed by atoms with Crippen LogP contribution in [0.25, 0.3) is 0 Å². The second-order valence-electron chi connectivity index (χ2n) is 4.98. The van der Waals surface area contributed by atoms with Gasteiger partial charge in [-0.05, 0) is 49.2 Å². The molecule has 2 aromatic carbocycles. The molecule has 0 saturated heterocycles. The lowest BCUT2D eigenvalue weighted by atomic mass is 9.98. The Labute approximate surface area is 141 Å². The van der Waals surface area contributed by atoms with E-state index >= 15 is 0 Å². The third-order valence-corrected chi connectivity index (χ3v) is 4.21. The van der Waals surface area contributed by atoms with E-state index in [0.29, 0.717) is 10.0 Å². The SMILES string of the molecule is CCCNC(Cc1cccc(Cl)c1)c1c(Cl)cccc1Cl. The van der Waals surface area contributed by atoms with Crippen molar-refractivity contribution in [1.29, 1.82) is 0 Å². The number of hydrogen-bond acceptors (Lipinski definition) is 1. The van der Waals surface area contributed by atoms with E-state index in [1.807, 2.05) is 36.4 Å². The average molecular weight is 343 g/mol. The average Bonchev–Trinajstić information content (AvgIpc) is 2.44. The Balaban J connectivity index is 2.30. The zero-order valence-electron chi connectivity index (χ0n) is 11.9. The van der Waals surface area contributed by atoms with E-state index in [2.05, 4.69) is 18.3 Å². The van der Waals surface area contributed by atoms with Gasteiger partial charge in [-0.1, -0.05) is 59.9 Å². The first kappa shape index (κ1) is 16.6. The molecule has 0 amide bonds. The van der Waals surface area contributed by atoms with Crippen LogP contribution in [0.1, 0.15) is 30.5 Å². The monoisotopic (exact) mass is 341 g/mol. The molecule has 0 radical (unpaired) electrons. The molecule has 0 spiro atoms. The van der Waals surface area contributed by atoms with Crippen LogP contribution >= 0.6 is 34.8 Å². The summed E-state index contributed by atoms with van der Waals surface area (Å²) in [5.74, 6) is 0. The molecule has 0 fully saturated rings. The van der Waals surface area contributed by atoms with Gasteiger partial charge in [0.15, 0.2) is 0 Å². The lowest BCUT2D eigenvalue weighted by molar-refractivity contribution is 0.529. The minimum Gasteiger partial charge on any atom is -0.310 e. The van der Waals surface area contributed by atoms with Crippen molar-refractivity contribution in [3.05, 3.63) is 68.7 Å². The largest absolute Gasteiger partial charge is 0.310 e. The molecule has 0 aliphatic carbocycles. The Bertz CT molecular complexity index is 578. The fourth-order valence-corrected chi connectivity index (χ4v) is 3.21. The molecule has 1 unspecified atom stereocenters. The van der Waals surface area contributed by atoms with E-state index in [0.717, 1.165) is 35.5 Å². The fraction of sp³-hybridized carbons (Fsp3) is 0.294. The number of hydrogen-bond donors (Lipinski definition) is 1. The number of nitrogens with one attached hydrogen (secondary N) is 1. The standard InChI is InChI=1S/C17H18Cl3N/c1-2-9-21-16(11-12-5-3-6-13(18)10-12)17-14(19)7-4-8-15(17)20/h3-8,10,16,21H,2,9,11H2,1H3. The molecule has 4 heteroatoms. The summed E-state index contributed by atoms with van der Waals surface area (Å²) in [6.45, 7) is 3.05. The number of rotatable bonds is 6. The highest BCUT2D eigenvalue weighted by molar-refractivity contribution is 6.36. The zero-order valence-corrected chi connectivity index (χ0v) is 14.1. The summed E-state index contributed by atoms with van der Waals surface area (Å²) in [7, 11) is 0. The summed E-state index contributed by atoms with van der Waals surface area (Å²) in [5, 5.41) is 5.65. The van der Waals surface area contributed by atoms with Crippen molar-refractivity contribution in [1.82, 2.24) is 5.32 Å². The van der Waals surface area contributed by atoms with Gasteiger partial charge in [-0.25, -0.2) is 0 Å². The predicted molar refractivity (Wildman–Crippen MR) is 92.7 cm³/mol. The first-order valence-corrected chi connectivity index (χ1v) is 8.17. The molecular formula is C17H18Cl3N. The molecule has 0 aliphatic rings. The molecule has 2 aromatic rings. The van der Waals surface area contributed by atoms with Gasteiger partial charge >= 0.3 is 0 Å². The Morgan fingerprint density at radius 1 is 1.00 bits per heavy atom. The van der Waals surface area contributed by atoms with Crippen LogP contribution in [0.3, 0.4) is 0 Å².